The third-order valence-electron chi connectivity index (χ3n) is 3.66. The Hall–Kier alpha value is -3.02. The molecule has 0 atom stereocenters. The van der Waals surface area contributed by atoms with Crippen LogP contribution >= 0.6 is 0 Å². The molecule has 0 aliphatic heterocycles. The van der Waals surface area contributed by atoms with Crippen LogP contribution in [0.4, 0.5) is 0 Å². The van der Waals surface area contributed by atoms with Gasteiger partial charge in [-0.1, -0.05) is 30.3 Å². The number of nitrogens with zero attached hydrogens (tertiary/aromatic N) is 3. The number of aromatic nitrogens is 3. The molecular weight excluding hydrogens is 306 g/mol. The van der Waals surface area contributed by atoms with Gasteiger partial charge < -0.3 is 14.2 Å². The van der Waals surface area contributed by atoms with Gasteiger partial charge in [0, 0.05) is 11.6 Å². The molecule has 1 heterocycles. The second-order valence-electron chi connectivity index (χ2n) is 5.22. The van der Waals surface area contributed by atoms with Crippen molar-refractivity contribution in [1.82, 2.24) is 9.90 Å². The van der Waals surface area contributed by atoms with E-state index < -0.39 is 0 Å². The zero-order valence-electron chi connectivity index (χ0n) is 14.0. The zero-order valence-corrected chi connectivity index (χ0v) is 14.0. The van der Waals surface area contributed by atoms with Crippen molar-refractivity contribution in [3.05, 3.63) is 54.7 Å². The van der Waals surface area contributed by atoms with Crippen LogP contribution in [-0.2, 0) is 13.8 Å². The first-order valence-electron chi connectivity index (χ1n) is 7.55. The van der Waals surface area contributed by atoms with Crippen LogP contribution in [0.3, 0.4) is 0 Å². The first-order valence-corrected chi connectivity index (χ1v) is 7.55. The largest absolute Gasteiger partial charge is 0.493 e. The first-order chi connectivity index (χ1) is 11.7. The van der Waals surface area contributed by atoms with Crippen LogP contribution < -0.4 is 18.9 Å². The van der Waals surface area contributed by atoms with E-state index >= 15 is 0 Å². The van der Waals surface area contributed by atoms with E-state index in [1.807, 2.05) is 48.3 Å². The molecule has 3 rings (SSSR count). The molecule has 0 saturated heterocycles. The van der Waals surface area contributed by atoms with Crippen LogP contribution in [0.25, 0.3) is 11.3 Å². The lowest BCUT2D eigenvalue weighted by Gasteiger charge is -2.09. The van der Waals surface area contributed by atoms with E-state index in [1.54, 1.807) is 25.0 Å². The molecule has 0 fully saturated rings. The summed E-state index contributed by atoms with van der Waals surface area (Å²) in [5.41, 5.74) is 2.13. The van der Waals surface area contributed by atoms with Crippen molar-refractivity contribution < 1.29 is 18.9 Å². The predicted octanol–water partition coefficient (Wildman–Crippen LogP) is 2.43. The fourth-order valence-corrected chi connectivity index (χ4v) is 2.45. The lowest BCUT2D eigenvalue weighted by Crippen LogP contribution is -2.38. The van der Waals surface area contributed by atoms with E-state index in [9.17, 15) is 0 Å². The van der Waals surface area contributed by atoms with Gasteiger partial charge in [0.1, 0.15) is 12.8 Å². The number of methoxy groups -OCH3 is 2. The standard InChI is InChI=1S/C18H20N3O3/c1-20-16(14-7-5-4-6-8-14)12-21(19-20)13-24-15-9-10-17(22-2)18(11-15)23-3/h4-12H,13H2,1-3H3/q+1. The molecule has 2 aromatic carbocycles. The molecule has 0 radical (unpaired) electrons. The molecule has 0 saturated carbocycles. The number of aryl methyl sites for hydroxylation is 1. The minimum absolute atomic E-state index is 0.302. The molecule has 0 N–H and O–H groups in total. The first kappa shape index (κ1) is 15.9. The number of hydrogen-bond donors (Lipinski definition) is 0. The van der Waals surface area contributed by atoms with E-state index in [-0.39, 0.29) is 0 Å². The molecule has 1 aromatic heterocycles. The Morgan fingerprint density at radius 2 is 1.75 bits per heavy atom. The second-order valence-corrected chi connectivity index (χ2v) is 5.22. The SMILES string of the molecule is COc1ccc(OC[n+]2cc(-c3ccccc3)n(C)n2)cc1OC. The summed E-state index contributed by atoms with van der Waals surface area (Å²) < 4.78 is 19.9. The van der Waals surface area contributed by atoms with Crippen LogP contribution in [0.1, 0.15) is 0 Å². The molecule has 0 amide bonds. The van der Waals surface area contributed by atoms with Crippen molar-refractivity contribution in [3.8, 4) is 28.5 Å². The Kier molecular flexibility index (Phi) is 4.65. The van der Waals surface area contributed by atoms with Gasteiger partial charge in [-0.25, -0.2) is 0 Å². The van der Waals surface area contributed by atoms with Crippen molar-refractivity contribution in [3.63, 3.8) is 0 Å². The van der Waals surface area contributed by atoms with Gasteiger partial charge in [-0.15, -0.1) is 9.36 Å². The van der Waals surface area contributed by atoms with Crippen molar-refractivity contribution in [2.75, 3.05) is 14.2 Å². The lowest BCUT2D eigenvalue weighted by molar-refractivity contribution is -0.779. The molecule has 0 bridgehead atoms. The normalized spacial score (nSPS) is 10.5. The van der Waals surface area contributed by atoms with Crippen molar-refractivity contribution in [2.24, 2.45) is 7.05 Å². The average Bonchev–Trinajstić information content (AvgIpc) is 3.01. The molecule has 24 heavy (non-hydrogen) atoms. The predicted molar refractivity (Wildman–Crippen MR) is 89.0 cm³/mol. The fourth-order valence-electron chi connectivity index (χ4n) is 2.45. The molecule has 0 spiro atoms. The molecular formula is C18H20N3O3+. The van der Waals surface area contributed by atoms with Crippen LogP contribution in [0, 0.1) is 0 Å². The van der Waals surface area contributed by atoms with Crippen molar-refractivity contribution in [1.29, 1.82) is 0 Å². The fraction of sp³-hybridized carbons (Fsp3) is 0.222. The smallest absolute Gasteiger partial charge is 0.253 e. The summed E-state index contributed by atoms with van der Waals surface area (Å²) in [5, 5.41) is 4.43. The van der Waals surface area contributed by atoms with Crippen molar-refractivity contribution in [2.45, 2.75) is 6.73 Å². The summed E-state index contributed by atoms with van der Waals surface area (Å²) in [4.78, 5) is 0. The maximum absolute atomic E-state index is 5.79. The average molecular weight is 326 g/mol. The highest BCUT2D eigenvalue weighted by molar-refractivity contribution is 5.57. The Balaban J connectivity index is 1.74. The Morgan fingerprint density at radius 3 is 2.46 bits per heavy atom. The minimum atomic E-state index is 0.302. The Labute approximate surface area is 140 Å². The van der Waals surface area contributed by atoms with Crippen LogP contribution in [0.2, 0.25) is 0 Å². The van der Waals surface area contributed by atoms with E-state index in [0.29, 0.717) is 24.0 Å². The lowest BCUT2D eigenvalue weighted by atomic mass is 10.2. The van der Waals surface area contributed by atoms with Gasteiger partial charge in [0.25, 0.3) is 6.73 Å². The van der Waals surface area contributed by atoms with E-state index in [2.05, 4.69) is 17.3 Å². The topological polar surface area (TPSA) is 49.4 Å². The van der Waals surface area contributed by atoms with Crippen molar-refractivity contribution >= 4 is 0 Å². The van der Waals surface area contributed by atoms with Crippen LogP contribution in [0.5, 0.6) is 17.2 Å². The number of ether oxygens (including phenoxy) is 3. The monoisotopic (exact) mass is 326 g/mol. The summed E-state index contributed by atoms with van der Waals surface area (Å²) in [5.74, 6) is 1.99. The molecule has 124 valence electrons. The maximum Gasteiger partial charge on any atom is 0.253 e. The molecule has 6 nitrogen and oxygen atoms in total. The molecule has 0 aliphatic rings. The summed E-state index contributed by atoms with van der Waals surface area (Å²) in [6.07, 6.45) is 1.95. The molecule has 0 aliphatic carbocycles. The molecule has 6 heteroatoms. The highest BCUT2D eigenvalue weighted by Gasteiger charge is 2.15. The quantitative estimate of drug-likeness (QED) is 0.653. The number of benzene rings is 2. The highest BCUT2D eigenvalue weighted by Crippen LogP contribution is 2.30. The summed E-state index contributed by atoms with van der Waals surface area (Å²) in [6, 6.07) is 15.6. The van der Waals surface area contributed by atoms with E-state index in [1.165, 1.54) is 0 Å². The van der Waals surface area contributed by atoms with Gasteiger partial charge in [-0.3, -0.25) is 0 Å². The summed E-state index contributed by atoms with van der Waals surface area (Å²) >= 11 is 0. The van der Waals surface area contributed by atoms with Crippen LogP contribution in [-0.4, -0.2) is 24.1 Å². The van der Waals surface area contributed by atoms with Gasteiger partial charge in [0.05, 0.1) is 19.4 Å². The van der Waals surface area contributed by atoms with Gasteiger partial charge in [-0.05, 0) is 12.1 Å². The Morgan fingerprint density at radius 1 is 1.00 bits per heavy atom. The molecule has 0 unspecified atom stereocenters. The molecule has 3 aromatic rings. The number of rotatable bonds is 6. The second kappa shape index (κ2) is 7.04. The van der Waals surface area contributed by atoms with Gasteiger partial charge in [0.2, 0.25) is 0 Å². The van der Waals surface area contributed by atoms with Gasteiger partial charge >= 0.3 is 0 Å². The maximum atomic E-state index is 5.79. The Bertz CT molecular complexity index is 816. The zero-order chi connectivity index (χ0) is 16.9. The minimum Gasteiger partial charge on any atom is -0.493 e. The van der Waals surface area contributed by atoms with Gasteiger partial charge in [-0.2, -0.15) is 0 Å². The highest BCUT2D eigenvalue weighted by atomic mass is 16.5. The third kappa shape index (κ3) is 3.32. The third-order valence-corrected chi connectivity index (χ3v) is 3.66. The summed E-state index contributed by atoms with van der Waals surface area (Å²) in [7, 11) is 5.11. The van der Waals surface area contributed by atoms with Crippen LogP contribution in [0.15, 0.2) is 54.7 Å². The van der Waals surface area contributed by atoms with Gasteiger partial charge in [0.15, 0.2) is 23.4 Å². The van der Waals surface area contributed by atoms with E-state index in [0.717, 1.165) is 11.3 Å². The summed E-state index contributed by atoms with van der Waals surface area (Å²) in [6.45, 7) is 0.302. The number of hydrogen-bond acceptors (Lipinski definition) is 4. The van der Waals surface area contributed by atoms with E-state index in [4.69, 9.17) is 14.2 Å².